The molecule has 2 nitrogen and oxygen atoms in total. The molecule has 0 radical (unpaired) electrons. The number of pyridine rings is 1. The number of hydrogen-bond donors (Lipinski definition) is 0. The van der Waals surface area contributed by atoms with Crippen LogP contribution in [0.4, 0.5) is 4.39 Å². The van der Waals surface area contributed by atoms with Crippen LogP contribution < -0.4 is 0 Å². The first-order valence-electron chi connectivity index (χ1n) is 6.00. The molecule has 0 bridgehead atoms. The predicted molar refractivity (Wildman–Crippen MR) is 76.6 cm³/mol. The number of benzene rings is 2. The Morgan fingerprint density at radius 1 is 1.05 bits per heavy atom. The van der Waals surface area contributed by atoms with Crippen LogP contribution in [-0.2, 0) is 0 Å². The fourth-order valence-electron chi connectivity index (χ4n) is 2.12. The molecule has 0 fully saturated rings. The Morgan fingerprint density at radius 2 is 1.90 bits per heavy atom. The Balaban J connectivity index is 2.20. The molecule has 0 spiro atoms. The zero-order chi connectivity index (χ0) is 14.1. The standard InChI is InChI=1S/C16H9ClFNO/c17-14-7-6-10(18)9-13(14)16(20)12-3-1-5-15-11(12)4-2-8-19-15/h1-9H. The minimum absolute atomic E-state index is 0.156. The number of fused-ring (bicyclic) bond motifs is 1. The van der Waals surface area contributed by atoms with Gasteiger partial charge in [-0.2, -0.15) is 0 Å². The van der Waals surface area contributed by atoms with E-state index in [9.17, 15) is 9.18 Å². The molecule has 0 saturated heterocycles. The lowest BCUT2D eigenvalue weighted by Gasteiger charge is -2.07. The Kier molecular flexibility index (Phi) is 3.20. The average molecular weight is 286 g/mol. The summed E-state index contributed by atoms with van der Waals surface area (Å²) in [6.07, 6.45) is 1.66. The quantitative estimate of drug-likeness (QED) is 0.659. The van der Waals surface area contributed by atoms with Gasteiger partial charge in [-0.25, -0.2) is 4.39 Å². The van der Waals surface area contributed by atoms with Gasteiger partial charge in [0.1, 0.15) is 5.82 Å². The molecule has 1 aromatic heterocycles. The van der Waals surface area contributed by atoms with Crippen LogP contribution in [0.3, 0.4) is 0 Å². The fraction of sp³-hybridized carbons (Fsp3) is 0. The first-order valence-corrected chi connectivity index (χ1v) is 6.38. The zero-order valence-electron chi connectivity index (χ0n) is 10.3. The highest BCUT2D eigenvalue weighted by molar-refractivity contribution is 6.35. The van der Waals surface area contributed by atoms with Crippen molar-refractivity contribution in [1.82, 2.24) is 4.98 Å². The normalized spacial score (nSPS) is 10.7. The van der Waals surface area contributed by atoms with Gasteiger partial charge in [0.05, 0.1) is 10.5 Å². The summed E-state index contributed by atoms with van der Waals surface area (Å²) in [7, 11) is 0. The predicted octanol–water partition coefficient (Wildman–Crippen LogP) is 4.26. The molecule has 0 aliphatic rings. The summed E-state index contributed by atoms with van der Waals surface area (Å²) in [6.45, 7) is 0. The molecule has 0 unspecified atom stereocenters. The average Bonchev–Trinajstić information content (AvgIpc) is 2.48. The Morgan fingerprint density at radius 3 is 2.75 bits per heavy atom. The van der Waals surface area contributed by atoms with Crippen molar-refractivity contribution in [1.29, 1.82) is 0 Å². The maximum atomic E-state index is 13.3. The maximum Gasteiger partial charge on any atom is 0.195 e. The number of carbonyl (C=O) groups is 1. The van der Waals surface area contributed by atoms with Crippen LogP contribution in [0.2, 0.25) is 5.02 Å². The SMILES string of the molecule is O=C(c1cc(F)ccc1Cl)c1cccc2ncccc12. The minimum atomic E-state index is -0.490. The molecule has 0 aliphatic heterocycles. The largest absolute Gasteiger partial charge is 0.289 e. The van der Waals surface area contributed by atoms with Gasteiger partial charge in [0.2, 0.25) is 0 Å². The van der Waals surface area contributed by atoms with Crippen LogP contribution in [0.15, 0.2) is 54.7 Å². The molecule has 0 saturated carbocycles. The summed E-state index contributed by atoms with van der Waals surface area (Å²) in [5.41, 5.74) is 1.33. The number of aromatic nitrogens is 1. The Hall–Kier alpha value is -2.26. The van der Waals surface area contributed by atoms with Crippen molar-refractivity contribution in [3.8, 4) is 0 Å². The van der Waals surface area contributed by atoms with Crippen LogP contribution >= 0.6 is 11.6 Å². The van der Waals surface area contributed by atoms with Gasteiger partial charge in [0.15, 0.2) is 5.78 Å². The maximum absolute atomic E-state index is 13.3. The van der Waals surface area contributed by atoms with E-state index in [1.807, 2.05) is 12.1 Å². The molecular weight excluding hydrogens is 277 g/mol. The van der Waals surface area contributed by atoms with Crippen molar-refractivity contribution in [2.24, 2.45) is 0 Å². The van der Waals surface area contributed by atoms with E-state index in [2.05, 4.69) is 4.98 Å². The van der Waals surface area contributed by atoms with Crippen LogP contribution in [-0.4, -0.2) is 10.8 Å². The van der Waals surface area contributed by atoms with Crippen LogP contribution in [0, 0.1) is 5.82 Å². The summed E-state index contributed by atoms with van der Waals surface area (Å²) >= 11 is 5.99. The second-order valence-electron chi connectivity index (χ2n) is 4.33. The van der Waals surface area contributed by atoms with E-state index in [0.717, 1.165) is 11.5 Å². The molecule has 1 heterocycles. The molecule has 0 N–H and O–H groups in total. The van der Waals surface area contributed by atoms with E-state index in [-0.39, 0.29) is 16.4 Å². The van der Waals surface area contributed by atoms with Crippen molar-refractivity contribution in [3.05, 3.63) is 76.7 Å². The Bertz CT molecular complexity index is 811. The number of hydrogen-bond acceptors (Lipinski definition) is 2. The summed E-state index contributed by atoms with van der Waals surface area (Å²) in [5.74, 6) is -0.802. The van der Waals surface area contributed by atoms with E-state index in [1.165, 1.54) is 12.1 Å². The third-order valence-electron chi connectivity index (χ3n) is 3.06. The summed E-state index contributed by atoms with van der Waals surface area (Å²) in [6, 6.07) is 12.6. The lowest BCUT2D eigenvalue weighted by atomic mass is 9.99. The molecule has 98 valence electrons. The summed E-state index contributed by atoms with van der Waals surface area (Å²) < 4.78 is 13.3. The molecular formula is C16H9ClFNO. The van der Waals surface area contributed by atoms with Gasteiger partial charge in [-0.3, -0.25) is 9.78 Å². The van der Waals surface area contributed by atoms with Crippen LogP contribution in [0.25, 0.3) is 10.9 Å². The highest BCUT2D eigenvalue weighted by Crippen LogP contribution is 2.24. The third-order valence-corrected chi connectivity index (χ3v) is 3.39. The van der Waals surface area contributed by atoms with Crippen molar-refractivity contribution in [2.75, 3.05) is 0 Å². The monoisotopic (exact) mass is 285 g/mol. The molecule has 2 aromatic carbocycles. The number of nitrogens with zero attached hydrogens (tertiary/aromatic N) is 1. The van der Waals surface area contributed by atoms with E-state index in [4.69, 9.17) is 11.6 Å². The molecule has 0 aliphatic carbocycles. The molecule has 0 atom stereocenters. The molecule has 4 heteroatoms. The minimum Gasteiger partial charge on any atom is -0.289 e. The number of ketones is 1. The van der Waals surface area contributed by atoms with E-state index >= 15 is 0 Å². The lowest BCUT2D eigenvalue weighted by molar-refractivity contribution is 0.104. The van der Waals surface area contributed by atoms with E-state index in [1.54, 1.807) is 24.4 Å². The lowest BCUT2D eigenvalue weighted by Crippen LogP contribution is -2.04. The van der Waals surface area contributed by atoms with Gasteiger partial charge >= 0.3 is 0 Å². The molecule has 3 aromatic rings. The van der Waals surface area contributed by atoms with Crippen molar-refractivity contribution < 1.29 is 9.18 Å². The van der Waals surface area contributed by atoms with Crippen LogP contribution in [0.1, 0.15) is 15.9 Å². The zero-order valence-corrected chi connectivity index (χ0v) is 11.1. The number of carbonyl (C=O) groups excluding carboxylic acids is 1. The van der Waals surface area contributed by atoms with Crippen molar-refractivity contribution in [2.45, 2.75) is 0 Å². The molecule has 0 amide bonds. The first-order chi connectivity index (χ1) is 9.66. The third kappa shape index (κ3) is 2.17. The topological polar surface area (TPSA) is 30.0 Å². The van der Waals surface area contributed by atoms with Gasteiger partial charge in [0, 0.05) is 22.7 Å². The summed E-state index contributed by atoms with van der Waals surface area (Å²) in [4.78, 5) is 16.8. The second-order valence-corrected chi connectivity index (χ2v) is 4.74. The van der Waals surface area contributed by atoms with Gasteiger partial charge in [0.25, 0.3) is 0 Å². The Labute approximate surface area is 119 Å². The van der Waals surface area contributed by atoms with Crippen molar-refractivity contribution in [3.63, 3.8) is 0 Å². The number of rotatable bonds is 2. The highest BCUT2D eigenvalue weighted by atomic mass is 35.5. The van der Waals surface area contributed by atoms with Gasteiger partial charge in [-0.05, 0) is 30.3 Å². The van der Waals surface area contributed by atoms with Crippen molar-refractivity contribution >= 4 is 28.3 Å². The smallest absolute Gasteiger partial charge is 0.195 e. The van der Waals surface area contributed by atoms with Crippen LogP contribution in [0.5, 0.6) is 0 Å². The van der Waals surface area contributed by atoms with Gasteiger partial charge < -0.3 is 0 Å². The van der Waals surface area contributed by atoms with E-state index in [0.29, 0.717) is 11.1 Å². The van der Waals surface area contributed by atoms with Gasteiger partial charge in [-0.15, -0.1) is 0 Å². The molecule has 20 heavy (non-hydrogen) atoms. The van der Waals surface area contributed by atoms with E-state index < -0.39 is 5.82 Å². The fourth-order valence-corrected chi connectivity index (χ4v) is 2.32. The first kappa shape index (κ1) is 12.8. The number of halogens is 2. The second kappa shape index (κ2) is 5.02. The summed E-state index contributed by atoms with van der Waals surface area (Å²) in [5, 5.41) is 0.956. The highest BCUT2D eigenvalue weighted by Gasteiger charge is 2.16. The molecule has 3 rings (SSSR count). The van der Waals surface area contributed by atoms with Gasteiger partial charge in [-0.1, -0.05) is 29.8 Å².